The van der Waals surface area contributed by atoms with Crippen LogP contribution in [0.1, 0.15) is 16.5 Å². The van der Waals surface area contributed by atoms with Crippen molar-refractivity contribution in [3.8, 4) is 11.5 Å². The number of nitrogens with one attached hydrogen (secondary N) is 1. The van der Waals surface area contributed by atoms with E-state index in [0.29, 0.717) is 12.0 Å². The van der Waals surface area contributed by atoms with E-state index in [0.717, 1.165) is 10.8 Å². The Morgan fingerprint density at radius 2 is 2.11 bits per heavy atom. The summed E-state index contributed by atoms with van der Waals surface area (Å²) in [6.07, 6.45) is 0.343. The lowest BCUT2D eigenvalue weighted by molar-refractivity contribution is -0.118. The van der Waals surface area contributed by atoms with E-state index >= 15 is 0 Å². The van der Waals surface area contributed by atoms with Crippen molar-refractivity contribution in [2.45, 2.75) is 13.3 Å². The van der Waals surface area contributed by atoms with Crippen molar-refractivity contribution in [3.05, 3.63) is 35.9 Å². The molecule has 2 aromatic rings. The number of hydrogen-bond acceptors (Lipinski definition) is 3. The summed E-state index contributed by atoms with van der Waals surface area (Å²) in [5.74, 6) is -0.832. The molecule has 2 rings (SSSR count). The first kappa shape index (κ1) is 8.80. The maximum atomic E-state index is 11.3. The molecule has 0 spiro atoms. The Morgan fingerprint density at radius 3 is 2.89 bits per heavy atom. The van der Waals surface area contributed by atoms with Gasteiger partial charge in [0.05, 0.1) is 0 Å². The van der Waals surface area contributed by atoms with Crippen LogP contribution >= 0.6 is 0 Å². The Morgan fingerprint density at radius 1 is 1.28 bits per heavy atom. The topological polar surface area (TPSA) is 69.6 Å². The van der Waals surface area contributed by atoms with Crippen molar-refractivity contribution < 1.29 is 19.1 Å². The molecule has 0 fully saturated rings. The standard InChI is InChI=1S/C14H15NO3/c1-9(16)15-5-4-11-7-13(18)6-10-2-3-12(17)8-14(10)11/h2-3,6-8,17-18H,4-5H2,1H3,(H,15,16)/i1D3. The lowest BCUT2D eigenvalue weighted by Crippen LogP contribution is -2.22. The summed E-state index contributed by atoms with van der Waals surface area (Å²) in [7, 11) is 0. The molecule has 0 saturated heterocycles. The predicted octanol–water partition coefficient (Wildman–Crippen LogP) is 1.93. The molecule has 0 bridgehead atoms. The van der Waals surface area contributed by atoms with Gasteiger partial charge in [-0.25, -0.2) is 0 Å². The molecular weight excluding hydrogens is 230 g/mol. The minimum absolute atomic E-state index is 0.0744. The van der Waals surface area contributed by atoms with Crippen LogP contribution < -0.4 is 5.32 Å². The molecular formula is C14H15NO3. The van der Waals surface area contributed by atoms with Crippen molar-refractivity contribution in [3.63, 3.8) is 0 Å². The average molecular weight is 248 g/mol. The van der Waals surface area contributed by atoms with Gasteiger partial charge in [-0.05, 0) is 47.0 Å². The third-order valence-electron chi connectivity index (χ3n) is 2.69. The fourth-order valence-corrected chi connectivity index (χ4v) is 1.92. The van der Waals surface area contributed by atoms with Gasteiger partial charge in [-0.3, -0.25) is 4.79 Å². The number of fused-ring (bicyclic) bond motifs is 1. The zero-order valence-electron chi connectivity index (χ0n) is 12.6. The molecule has 0 saturated carbocycles. The first-order valence-corrected chi connectivity index (χ1v) is 5.50. The molecule has 94 valence electrons. The maximum Gasteiger partial charge on any atom is 0.216 e. The van der Waals surface area contributed by atoms with E-state index in [1.165, 1.54) is 12.1 Å². The molecule has 0 aliphatic rings. The molecule has 0 unspecified atom stereocenters. The van der Waals surface area contributed by atoms with E-state index < -0.39 is 12.8 Å². The quantitative estimate of drug-likeness (QED) is 0.777. The molecule has 3 N–H and O–H groups in total. The van der Waals surface area contributed by atoms with Crippen LogP contribution in [0, 0.1) is 0 Å². The summed E-state index contributed by atoms with van der Waals surface area (Å²) in [4.78, 5) is 11.3. The summed E-state index contributed by atoms with van der Waals surface area (Å²) in [6.45, 7) is -2.54. The Kier molecular flexibility index (Phi) is 2.42. The van der Waals surface area contributed by atoms with Gasteiger partial charge in [0.2, 0.25) is 5.91 Å². The van der Waals surface area contributed by atoms with Gasteiger partial charge in [0.1, 0.15) is 11.5 Å². The van der Waals surface area contributed by atoms with E-state index in [1.807, 2.05) is 0 Å². The van der Waals surface area contributed by atoms with E-state index in [2.05, 4.69) is 5.32 Å². The van der Waals surface area contributed by atoms with Gasteiger partial charge in [-0.1, -0.05) is 6.07 Å². The minimum Gasteiger partial charge on any atom is -0.508 e. The van der Waals surface area contributed by atoms with Crippen molar-refractivity contribution in [1.29, 1.82) is 0 Å². The van der Waals surface area contributed by atoms with Crippen LogP contribution in [0.5, 0.6) is 11.5 Å². The molecule has 18 heavy (non-hydrogen) atoms. The van der Waals surface area contributed by atoms with Crippen LogP contribution in [0.2, 0.25) is 0 Å². The van der Waals surface area contributed by atoms with Crippen LogP contribution in [0.25, 0.3) is 10.8 Å². The summed E-state index contributed by atoms with van der Waals surface area (Å²) in [5, 5.41) is 23.0. The van der Waals surface area contributed by atoms with Gasteiger partial charge in [-0.2, -0.15) is 0 Å². The van der Waals surface area contributed by atoms with Crippen LogP contribution in [-0.2, 0) is 11.2 Å². The lowest BCUT2D eigenvalue weighted by atomic mass is 10.0. The molecule has 0 atom stereocenters. The number of hydrogen-bond donors (Lipinski definition) is 3. The van der Waals surface area contributed by atoms with Gasteiger partial charge in [0.15, 0.2) is 0 Å². The highest BCUT2D eigenvalue weighted by Gasteiger charge is 2.05. The van der Waals surface area contributed by atoms with E-state index in [4.69, 9.17) is 4.11 Å². The molecule has 4 heteroatoms. The van der Waals surface area contributed by atoms with Crippen molar-refractivity contribution in [1.82, 2.24) is 5.32 Å². The van der Waals surface area contributed by atoms with E-state index in [-0.39, 0.29) is 18.0 Å². The molecule has 4 nitrogen and oxygen atoms in total. The Bertz CT molecular complexity index is 683. The number of carbonyl (C=O) groups excluding carboxylic acids is 1. The Hall–Kier alpha value is -2.23. The number of amides is 1. The molecule has 1 amide bonds. The SMILES string of the molecule is [2H]C([2H])([2H])C(=O)NCCc1cc(O)cc2ccc(O)cc12. The van der Waals surface area contributed by atoms with Crippen LogP contribution in [0.15, 0.2) is 30.3 Å². The summed E-state index contributed by atoms with van der Waals surface area (Å²) in [6, 6.07) is 7.86. The van der Waals surface area contributed by atoms with Crippen LogP contribution in [0.3, 0.4) is 0 Å². The fraction of sp³-hybridized carbons (Fsp3) is 0.214. The maximum absolute atomic E-state index is 11.3. The first-order valence-electron chi connectivity index (χ1n) is 7.00. The number of benzene rings is 2. The predicted molar refractivity (Wildman–Crippen MR) is 69.7 cm³/mol. The van der Waals surface area contributed by atoms with Crippen molar-refractivity contribution >= 4 is 16.7 Å². The minimum atomic E-state index is -2.67. The highest BCUT2D eigenvalue weighted by molar-refractivity contribution is 5.88. The Labute approximate surface area is 109 Å². The number of rotatable bonds is 3. The van der Waals surface area contributed by atoms with E-state index in [1.54, 1.807) is 18.2 Å². The number of phenolic OH excluding ortho intramolecular Hbond substituents is 2. The number of phenols is 2. The number of aromatic hydroxyl groups is 2. The Balaban J connectivity index is 2.18. The second-order valence-electron chi connectivity index (χ2n) is 4.02. The molecule has 0 aromatic heterocycles. The summed E-state index contributed by atoms with van der Waals surface area (Å²) < 4.78 is 20.9. The first-order chi connectivity index (χ1) is 9.77. The highest BCUT2D eigenvalue weighted by atomic mass is 16.3. The second-order valence-corrected chi connectivity index (χ2v) is 4.02. The monoisotopic (exact) mass is 248 g/mol. The van der Waals surface area contributed by atoms with Gasteiger partial charge in [0, 0.05) is 17.5 Å². The van der Waals surface area contributed by atoms with Gasteiger partial charge < -0.3 is 15.5 Å². The molecule has 0 heterocycles. The normalized spacial score (nSPS) is 13.7. The lowest BCUT2D eigenvalue weighted by Gasteiger charge is -2.08. The molecule has 2 aromatic carbocycles. The third kappa shape index (κ3) is 2.71. The molecule has 0 aliphatic heterocycles. The van der Waals surface area contributed by atoms with E-state index in [9.17, 15) is 15.0 Å². The zero-order valence-corrected chi connectivity index (χ0v) is 9.60. The van der Waals surface area contributed by atoms with Gasteiger partial charge in [-0.15, -0.1) is 0 Å². The third-order valence-corrected chi connectivity index (χ3v) is 2.69. The largest absolute Gasteiger partial charge is 0.508 e. The van der Waals surface area contributed by atoms with Crippen LogP contribution in [-0.4, -0.2) is 22.7 Å². The summed E-state index contributed by atoms with van der Waals surface area (Å²) >= 11 is 0. The van der Waals surface area contributed by atoms with Gasteiger partial charge >= 0.3 is 0 Å². The van der Waals surface area contributed by atoms with Crippen molar-refractivity contribution in [2.75, 3.05) is 6.54 Å². The molecule has 0 aliphatic carbocycles. The van der Waals surface area contributed by atoms with Gasteiger partial charge in [0.25, 0.3) is 0 Å². The zero-order chi connectivity index (χ0) is 15.6. The summed E-state index contributed by atoms with van der Waals surface area (Å²) in [5.41, 5.74) is 0.715. The highest BCUT2D eigenvalue weighted by Crippen LogP contribution is 2.27. The van der Waals surface area contributed by atoms with Crippen LogP contribution in [0.4, 0.5) is 0 Å². The molecule has 0 radical (unpaired) electrons. The fourth-order valence-electron chi connectivity index (χ4n) is 1.92. The average Bonchev–Trinajstić information content (AvgIpc) is 2.38. The van der Waals surface area contributed by atoms with Crippen molar-refractivity contribution in [2.24, 2.45) is 0 Å². The second kappa shape index (κ2) is 4.96. The smallest absolute Gasteiger partial charge is 0.216 e. The number of carbonyl (C=O) groups is 1.